The third-order valence-electron chi connectivity index (χ3n) is 8.49. The van der Waals surface area contributed by atoms with Gasteiger partial charge in [0.05, 0.1) is 18.1 Å². The summed E-state index contributed by atoms with van der Waals surface area (Å²) >= 11 is 0. The molecular formula is C34H39NO5. The van der Waals surface area contributed by atoms with Crippen LogP contribution in [0.3, 0.4) is 0 Å². The standard InChI is InChI=1S/C34H39NO5/c1-4-22-15-18-30-25(19-22)31-27(34(2,3)40-30)21-26(29(39-31)17-16-23-11-7-5-8-12-23)32(36)35-28(33(37)38)20-24-13-9-6-10-14-24/h5-15,18-19,26-29,31H,4,16-17,20-21H2,1-3H3,(H,35,36)(H,37,38)/t26-,27+,28+,29+,31-/m1/s1. The van der Waals surface area contributed by atoms with E-state index in [1.54, 1.807) is 0 Å². The highest BCUT2D eigenvalue weighted by Gasteiger charge is 2.52. The van der Waals surface area contributed by atoms with Gasteiger partial charge in [-0.05, 0) is 68.4 Å². The van der Waals surface area contributed by atoms with E-state index in [9.17, 15) is 14.7 Å². The fraction of sp³-hybridized carbons (Fsp3) is 0.412. The largest absolute Gasteiger partial charge is 0.487 e. The lowest BCUT2D eigenvalue weighted by atomic mass is 9.71. The van der Waals surface area contributed by atoms with Gasteiger partial charge in [0, 0.05) is 17.9 Å². The van der Waals surface area contributed by atoms with E-state index < -0.39 is 23.5 Å². The molecule has 0 aliphatic carbocycles. The van der Waals surface area contributed by atoms with E-state index in [1.807, 2.05) is 54.6 Å². The Kier molecular flexibility index (Phi) is 8.27. The second kappa shape index (κ2) is 11.8. The monoisotopic (exact) mass is 541 g/mol. The number of carbonyl (C=O) groups excluding carboxylic acids is 1. The van der Waals surface area contributed by atoms with Crippen molar-refractivity contribution in [1.29, 1.82) is 0 Å². The molecule has 0 radical (unpaired) electrons. The zero-order valence-corrected chi connectivity index (χ0v) is 23.5. The van der Waals surface area contributed by atoms with Crippen molar-refractivity contribution in [2.75, 3.05) is 0 Å². The van der Waals surface area contributed by atoms with E-state index in [-0.39, 0.29) is 30.5 Å². The number of ether oxygens (including phenoxy) is 2. The highest BCUT2D eigenvalue weighted by molar-refractivity contribution is 5.85. The Bertz CT molecular complexity index is 1320. The summed E-state index contributed by atoms with van der Waals surface area (Å²) in [4.78, 5) is 26.0. The Labute approximate surface area is 236 Å². The number of hydrogen-bond acceptors (Lipinski definition) is 4. The maximum absolute atomic E-state index is 13.9. The number of nitrogens with one attached hydrogen (secondary N) is 1. The lowest BCUT2D eigenvalue weighted by Crippen LogP contribution is -2.55. The average Bonchev–Trinajstić information content (AvgIpc) is 2.96. The van der Waals surface area contributed by atoms with Crippen LogP contribution in [-0.2, 0) is 33.6 Å². The molecule has 3 aromatic rings. The molecule has 1 fully saturated rings. The van der Waals surface area contributed by atoms with Crippen LogP contribution in [0.15, 0.2) is 78.9 Å². The van der Waals surface area contributed by atoms with E-state index in [0.29, 0.717) is 12.8 Å². The molecule has 6 nitrogen and oxygen atoms in total. The Morgan fingerprint density at radius 1 is 0.975 bits per heavy atom. The number of fused-ring (bicyclic) bond motifs is 3. The van der Waals surface area contributed by atoms with Crippen LogP contribution in [0.5, 0.6) is 5.75 Å². The van der Waals surface area contributed by atoms with Crippen LogP contribution >= 0.6 is 0 Å². The maximum atomic E-state index is 13.9. The van der Waals surface area contributed by atoms with Crippen molar-refractivity contribution >= 4 is 11.9 Å². The molecule has 0 aromatic heterocycles. The minimum atomic E-state index is -1.05. The molecule has 0 spiro atoms. The van der Waals surface area contributed by atoms with E-state index in [4.69, 9.17) is 9.47 Å². The molecule has 5 rings (SSSR count). The highest BCUT2D eigenvalue weighted by Crippen LogP contribution is 2.52. The number of aliphatic carboxylic acids is 1. The third-order valence-corrected chi connectivity index (χ3v) is 8.49. The van der Waals surface area contributed by atoms with Gasteiger partial charge in [-0.2, -0.15) is 0 Å². The molecule has 2 heterocycles. The van der Waals surface area contributed by atoms with Crippen molar-refractivity contribution in [3.05, 3.63) is 101 Å². The SMILES string of the molecule is CCc1ccc2c(c1)[C@H]1O[C@@H](CCc3ccccc3)[C@H](C(=O)N[C@@H](Cc3ccccc3)C(=O)O)C[C@@H]1C(C)(C)O2. The summed E-state index contributed by atoms with van der Waals surface area (Å²) in [7, 11) is 0. The number of carbonyl (C=O) groups is 2. The van der Waals surface area contributed by atoms with Gasteiger partial charge in [-0.1, -0.05) is 73.7 Å². The molecule has 1 saturated heterocycles. The molecule has 40 heavy (non-hydrogen) atoms. The summed E-state index contributed by atoms with van der Waals surface area (Å²) in [5.74, 6) is -1.05. The first kappa shape index (κ1) is 27.9. The highest BCUT2D eigenvalue weighted by atomic mass is 16.5. The topological polar surface area (TPSA) is 84.9 Å². The summed E-state index contributed by atoms with van der Waals surface area (Å²) in [6.45, 7) is 6.24. The Hall–Kier alpha value is -3.64. The quantitative estimate of drug-likeness (QED) is 0.351. The van der Waals surface area contributed by atoms with Crippen molar-refractivity contribution in [2.45, 2.75) is 76.7 Å². The molecule has 0 bridgehead atoms. The molecule has 2 aliphatic rings. The van der Waals surface area contributed by atoms with Gasteiger partial charge in [0.2, 0.25) is 5.91 Å². The van der Waals surface area contributed by atoms with Gasteiger partial charge >= 0.3 is 5.97 Å². The number of carboxylic acid groups (broad SMARTS) is 1. The van der Waals surface area contributed by atoms with Crippen LogP contribution in [0, 0.1) is 11.8 Å². The molecule has 6 heteroatoms. The molecule has 2 N–H and O–H groups in total. The third kappa shape index (κ3) is 6.07. The lowest BCUT2D eigenvalue weighted by Gasteiger charge is -2.51. The first-order valence-electron chi connectivity index (χ1n) is 14.3. The summed E-state index contributed by atoms with van der Waals surface area (Å²) in [6, 6.07) is 24.9. The first-order chi connectivity index (χ1) is 19.2. The van der Waals surface area contributed by atoms with Crippen LogP contribution in [0.1, 0.15) is 62.0 Å². The average molecular weight is 542 g/mol. The van der Waals surface area contributed by atoms with Gasteiger partial charge in [-0.3, -0.25) is 4.79 Å². The van der Waals surface area contributed by atoms with Gasteiger partial charge in [0.25, 0.3) is 0 Å². The van der Waals surface area contributed by atoms with Crippen LogP contribution in [-0.4, -0.2) is 34.7 Å². The molecule has 3 aromatic carbocycles. The van der Waals surface area contributed by atoms with Crippen molar-refractivity contribution in [1.82, 2.24) is 5.32 Å². The van der Waals surface area contributed by atoms with Gasteiger partial charge < -0.3 is 19.9 Å². The number of hydrogen-bond donors (Lipinski definition) is 2. The Balaban J connectivity index is 1.43. The number of amides is 1. The number of carboxylic acids is 1. The zero-order valence-electron chi connectivity index (χ0n) is 23.5. The smallest absolute Gasteiger partial charge is 0.326 e. The molecular weight excluding hydrogens is 502 g/mol. The number of benzene rings is 3. The van der Waals surface area contributed by atoms with Crippen molar-refractivity contribution in [3.8, 4) is 5.75 Å². The summed E-state index contributed by atoms with van der Waals surface area (Å²) in [5.41, 5.74) is 3.75. The van der Waals surface area contributed by atoms with E-state index in [0.717, 1.165) is 29.7 Å². The van der Waals surface area contributed by atoms with Crippen LogP contribution in [0.4, 0.5) is 0 Å². The molecule has 2 aliphatic heterocycles. The Morgan fingerprint density at radius 2 is 1.65 bits per heavy atom. The molecule has 0 unspecified atom stereocenters. The van der Waals surface area contributed by atoms with Crippen LogP contribution < -0.4 is 10.1 Å². The second-order valence-electron chi connectivity index (χ2n) is 11.6. The molecule has 0 saturated carbocycles. The summed E-state index contributed by atoms with van der Waals surface area (Å²) in [6.07, 6.45) is 2.55. The molecule has 210 valence electrons. The van der Waals surface area contributed by atoms with E-state index in [1.165, 1.54) is 11.1 Å². The predicted molar refractivity (Wildman–Crippen MR) is 154 cm³/mol. The summed E-state index contributed by atoms with van der Waals surface area (Å²) in [5, 5.41) is 12.8. The number of rotatable bonds is 9. The zero-order chi connectivity index (χ0) is 28.3. The minimum absolute atomic E-state index is 0.0618. The van der Waals surface area contributed by atoms with Crippen molar-refractivity contribution in [3.63, 3.8) is 0 Å². The van der Waals surface area contributed by atoms with E-state index in [2.05, 4.69) is 50.4 Å². The van der Waals surface area contributed by atoms with Crippen molar-refractivity contribution in [2.24, 2.45) is 11.8 Å². The van der Waals surface area contributed by atoms with Gasteiger partial charge in [0.1, 0.15) is 17.4 Å². The maximum Gasteiger partial charge on any atom is 0.326 e. The Morgan fingerprint density at radius 3 is 2.30 bits per heavy atom. The normalized spacial score (nSPS) is 23.7. The molecule has 5 atom stereocenters. The first-order valence-corrected chi connectivity index (χ1v) is 14.3. The lowest BCUT2D eigenvalue weighted by molar-refractivity contribution is -0.181. The minimum Gasteiger partial charge on any atom is -0.487 e. The van der Waals surface area contributed by atoms with Crippen LogP contribution in [0.2, 0.25) is 0 Å². The van der Waals surface area contributed by atoms with Crippen LogP contribution in [0.25, 0.3) is 0 Å². The van der Waals surface area contributed by atoms with Gasteiger partial charge in [-0.25, -0.2) is 4.79 Å². The van der Waals surface area contributed by atoms with Gasteiger partial charge in [-0.15, -0.1) is 0 Å². The predicted octanol–water partition coefficient (Wildman–Crippen LogP) is 5.93. The second-order valence-corrected chi connectivity index (χ2v) is 11.6. The van der Waals surface area contributed by atoms with Gasteiger partial charge in [0.15, 0.2) is 0 Å². The number of aryl methyl sites for hydroxylation is 2. The fourth-order valence-corrected chi connectivity index (χ4v) is 6.18. The summed E-state index contributed by atoms with van der Waals surface area (Å²) < 4.78 is 13.4. The fourth-order valence-electron chi connectivity index (χ4n) is 6.18. The van der Waals surface area contributed by atoms with Crippen molar-refractivity contribution < 1.29 is 24.2 Å². The van der Waals surface area contributed by atoms with E-state index >= 15 is 0 Å². The molecule has 1 amide bonds.